The molecule has 184 valence electrons. The maximum Gasteiger partial charge on any atom is 0.251 e. The van der Waals surface area contributed by atoms with Crippen molar-refractivity contribution in [2.45, 2.75) is 63.8 Å². The smallest absolute Gasteiger partial charge is 0.251 e. The van der Waals surface area contributed by atoms with E-state index in [1.54, 1.807) is 0 Å². The topological polar surface area (TPSA) is 134 Å². The Morgan fingerprint density at radius 1 is 1.17 bits per heavy atom. The van der Waals surface area contributed by atoms with Gasteiger partial charge in [-0.3, -0.25) is 10.1 Å². The fourth-order valence-electron chi connectivity index (χ4n) is 5.55. The number of benzene rings is 2. The van der Waals surface area contributed by atoms with Crippen molar-refractivity contribution in [3.8, 4) is 0 Å². The predicted octanol–water partition coefficient (Wildman–Crippen LogP) is 2.13. The predicted molar refractivity (Wildman–Crippen MR) is 132 cm³/mol. The van der Waals surface area contributed by atoms with Crippen LogP contribution in [0, 0.1) is 0 Å². The molecule has 0 radical (unpaired) electrons. The van der Waals surface area contributed by atoms with Gasteiger partial charge in [0, 0.05) is 18.2 Å². The molecule has 1 aliphatic carbocycles. The van der Waals surface area contributed by atoms with Crippen molar-refractivity contribution < 1.29 is 9.53 Å². The number of likely N-dealkylation sites (N-methyl/N-ethyl adjacent to an activating group) is 1. The Morgan fingerprint density at radius 2 is 1.91 bits per heavy atom. The van der Waals surface area contributed by atoms with Crippen LogP contribution in [0.5, 0.6) is 0 Å². The van der Waals surface area contributed by atoms with E-state index in [0.29, 0.717) is 24.4 Å². The van der Waals surface area contributed by atoms with Gasteiger partial charge in [-0.05, 0) is 79.6 Å². The number of nitrogens with one attached hydrogen (secondary N) is 3. The summed E-state index contributed by atoms with van der Waals surface area (Å²) in [6.07, 6.45) is 2.34. The van der Waals surface area contributed by atoms with E-state index in [1.807, 2.05) is 32.0 Å². The van der Waals surface area contributed by atoms with Crippen LogP contribution in [0.15, 0.2) is 36.4 Å². The summed E-state index contributed by atoms with van der Waals surface area (Å²) >= 11 is 0. The molecule has 0 bridgehead atoms. The number of carbonyl (C=O) groups is 1. The first kappa shape index (κ1) is 23.6. The largest absolute Gasteiger partial charge is 0.352 e. The van der Waals surface area contributed by atoms with Crippen LogP contribution < -0.4 is 16.4 Å². The van der Waals surface area contributed by atoms with Crippen LogP contribution in [0.4, 0.5) is 0 Å². The number of tetrazole rings is 1. The summed E-state index contributed by atoms with van der Waals surface area (Å²) < 4.78 is 5.87. The molecule has 1 saturated heterocycles. The highest BCUT2D eigenvalue weighted by Crippen LogP contribution is 2.48. The lowest BCUT2D eigenvalue weighted by Crippen LogP contribution is -2.38. The highest BCUT2D eigenvalue weighted by Gasteiger charge is 2.46. The molecule has 1 aliphatic heterocycles. The number of ether oxygens (including phenoxy) is 1. The summed E-state index contributed by atoms with van der Waals surface area (Å²) in [7, 11) is 0. The first-order chi connectivity index (χ1) is 17.0. The van der Waals surface area contributed by atoms with E-state index in [9.17, 15) is 4.79 Å². The summed E-state index contributed by atoms with van der Waals surface area (Å²) in [6, 6.07) is 12.4. The number of hydrogen-bond donors (Lipinski definition) is 4. The first-order valence-corrected chi connectivity index (χ1v) is 12.4. The highest BCUT2D eigenvalue weighted by molar-refractivity contribution is 5.94. The van der Waals surface area contributed by atoms with Crippen molar-refractivity contribution in [3.05, 3.63) is 75.6 Å². The van der Waals surface area contributed by atoms with Crippen molar-refractivity contribution in [2.24, 2.45) is 5.73 Å². The number of nitrogens with zero attached hydrogens (tertiary/aromatic N) is 3. The molecule has 1 fully saturated rings. The average molecular weight is 476 g/mol. The molecule has 35 heavy (non-hydrogen) atoms. The van der Waals surface area contributed by atoms with Crippen LogP contribution in [0.2, 0.25) is 0 Å². The van der Waals surface area contributed by atoms with Gasteiger partial charge in [0.15, 0.2) is 5.82 Å². The van der Waals surface area contributed by atoms with Crippen LogP contribution in [-0.4, -0.2) is 51.9 Å². The lowest BCUT2D eigenvalue weighted by atomic mass is 9.68. The molecule has 5 N–H and O–H groups in total. The van der Waals surface area contributed by atoms with Gasteiger partial charge < -0.3 is 15.8 Å². The molecule has 0 spiro atoms. The van der Waals surface area contributed by atoms with Crippen LogP contribution in [0.1, 0.15) is 77.3 Å². The fraction of sp³-hybridized carbons (Fsp3) is 0.462. The lowest BCUT2D eigenvalue weighted by Gasteiger charge is -2.35. The third-order valence-electron chi connectivity index (χ3n) is 7.00. The molecule has 2 aromatic carbocycles. The van der Waals surface area contributed by atoms with E-state index in [1.165, 1.54) is 5.56 Å². The van der Waals surface area contributed by atoms with Gasteiger partial charge >= 0.3 is 0 Å². The summed E-state index contributed by atoms with van der Waals surface area (Å²) in [5, 5.41) is 21.8. The van der Waals surface area contributed by atoms with E-state index >= 15 is 0 Å². The monoisotopic (exact) mass is 475 g/mol. The zero-order valence-electron chi connectivity index (χ0n) is 20.5. The average Bonchev–Trinajstić information content (AvgIpc) is 3.42. The number of aromatic amines is 1. The fourth-order valence-corrected chi connectivity index (χ4v) is 5.55. The number of epoxide rings is 1. The number of aromatic nitrogens is 4. The molecular formula is C26H33N7O2. The molecule has 9 nitrogen and oxygen atoms in total. The Bertz CT molecular complexity index is 1210. The number of rotatable bonds is 8. The molecule has 2 heterocycles. The van der Waals surface area contributed by atoms with Gasteiger partial charge in [-0.25, -0.2) is 0 Å². The number of aryl methyl sites for hydroxylation is 2. The number of carbonyl (C=O) groups excluding carboxylic acids is 1. The minimum atomic E-state index is -0.688. The Kier molecular flexibility index (Phi) is 6.39. The van der Waals surface area contributed by atoms with E-state index < -0.39 is 5.41 Å². The highest BCUT2D eigenvalue weighted by atomic mass is 16.6. The van der Waals surface area contributed by atoms with Gasteiger partial charge in [0.05, 0.1) is 5.41 Å². The molecule has 2 aliphatic rings. The summed E-state index contributed by atoms with van der Waals surface area (Å²) in [4.78, 5) is 12.6. The second kappa shape index (κ2) is 9.49. The third kappa shape index (κ3) is 4.24. The standard InChI is InChI=1S/C26H33N7O2/c1-4-28-23(34)19-9-11-21-17(13-19)7-6-16-12-18(22-24(35-22)29-5-2)8-10-20(16)26(21,14-15(3)27)25-30-32-33-31-25/h8-13,15,22,24,29H,4-7,14,27H2,1-3H3,(H,28,34)(H,30,31,32,33)/t15-,22?,24?,26?/m1/s1. The molecular weight excluding hydrogens is 442 g/mol. The van der Waals surface area contributed by atoms with E-state index in [-0.39, 0.29) is 24.3 Å². The molecule has 1 amide bonds. The molecule has 9 heteroatoms. The van der Waals surface area contributed by atoms with Gasteiger partial charge in [0.25, 0.3) is 5.91 Å². The van der Waals surface area contributed by atoms with Crippen LogP contribution in [0.3, 0.4) is 0 Å². The van der Waals surface area contributed by atoms with Crippen LogP contribution in [0.25, 0.3) is 0 Å². The zero-order chi connectivity index (χ0) is 24.6. The summed E-state index contributed by atoms with van der Waals surface area (Å²) in [5.74, 6) is 0.517. The second-order valence-corrected chi connectivity index (χ2v) is 9.51. The molecule has 3 aromatic rings. The van der Waals surface area contributed by atoms with Crippen molar-refractivity contribution in [1.82, 2.24) is 31.3 Å². The summed E-state index contributed by atoms with van der Waals surface area (Å²) in [5.41, 5.74) is 12.1. The number of nitrogens with two attached hydrogens (primary N) is 1. The van der Waals surface area contributed by atoms with Gasteiger partial charge in [-0.2, -0.15) is 5.21 Å². The normalized spacial score (nSPS) is 23.7. The molecule has 5 rings (SSSR count). The van der Waals surface area contributed by atoms with E-state index in [0.717, 1.165) is 41.6 Å². The number of fused-ring (bicyclic) bond motifs is 2. The third-order valence-corrected chi connectivity index (χ3v) is 7.00. The SMILES string of the molecule is CCNC(=O)c1ccc2c(c1)CCc1cc(C3OC3NCC)ccc1C2(C[C@@H](C)N)c1nn[nH]n1. The van der Waals surface area contributed by atoms with Gasteiger partial charge in [-0.15, -0.1) is 10.2 Å². The van der Waals surface area contributed by atoms with Gasteiger partial charge in [0.2, 0.25) is 0 Å². The molecule has 0 saturated carbocycles. The maximum atomic E-state index is 12.6. The Hall–Kier alpha value is -3.14. The van der Waals surface area contributed by atoms with Crippen molar-refractivity contribution in [3.63, 3.8) is 0 Å². The van der Waals surface area contributed by atoms with Crippen molar-refractivity contribution in [2.75, 3.05) is 13.1 Å². The van der Waals surface area contributed by atoms with E-state index in [2.05, 4.69) is 56.4 Å². The van der Waals surface area contributed by atoms with Gasteiger partial charge in [0.1, 0.15) is 12.3 Å². The van der Waals surface area contributed by atoms with Crippen LogP contribution in [-0.2, 0) is 23.0 Å². The Labute approximate surface area is 205 Å². The first-order valence-electron chi connectivity index (χ1n) is 12.4. The molecule has 3 unspecified atom stereocenters. The number of hydrogen-bond acceptors (Lipinski definition) is 7. The van der Waals surface area contributed by atoms with Crippen molar-refractivity contribution in [1.29, 1.82) is 0 Å². The zero-order valence-corrected chi connectivity index (χ0v) is 20.5. The minimum absolute atomic E-state index is 0.0585. The minimum Gasteiger partial charge on any atom is -0.352 e. The quantitative estimate of drug-likeness (QED) is 0.367. The Balaban J connectivity index is 1.68. The maximum absolute atomic E-state index is 12.6. The lowest BCUT2D eigenvalue weighted by molar-refractivity contribution is 0.0955. The number of H-pyrrole nitrogens is 1. The Morgan fingerprint density at radius 3 is 2.57 bits per heavy atom. The van der Waals surface area contributed by atoms with Crippen molar-refractivity contribution >= 4 is 5.91 Å². The van der Waals surface area contributed by atoms with E-state index in [4.69, 9.17) is 10.5 Å². The number of amides is 1. The van der Waals surface area contributed by atoms with Crippen LogP contribution >= 0.6 is 0 Å². The summed E-state index contributed by atoms with van der Waals surface area (Å²) in [6.45, 7) is 7.45. The molecule has 1 aromatic heterocycles. The van der Waals surface area contributed by atoms with Gasteiger partial charge in [-0.1, -0.05) is 36.4 Å². The molecule has 4 atom stereocenters. The second-order valence-electron chi connectivity index (χ2n) is 9.51.